The molecule has 0 aromatic heterocycles. The van der Waals surface area contributed by atoms with E-state index in [9.17, 15) is 5.11 Å². The predicted octanol–water partition coefficient (Wildman–Crippen LogP) is 4.21. The second kappa shape index (κ2) is 6.09. The molecule has 0 bridgehead atoms. The monoisotopic (exact) mass is 400 g/mol. The number of fused-ring (bicyclic) bond motifs is 5. The van der Waals surface area contributed by atoms with Gasteiger partial charge in [0.25, 0.3) is 0 Å². The molecule has 7 rings (SSSR count). The average Bonchev–Trinajstić information content (AvgIpc) is 3.20. The maximum Gasteiger partial charge on any atom is 0.168 e. The summed E-state index contributed by atoms with van der Waals surface area (Å²) in [5.74, 6) is 3.29. The van der Waals surface area contributed by atoms with Gasteiger partial charge in [0.1, 0.15) is 0 Å². The molecular weight excluding hydrogens is 364 g/mol. The SMILES string of the molecule is OC12CCOC1[C@H]1CC[C@H]3[C@@H]4CC[C@H]5CC6(CC[C@@H]5CC4=CC[C@]132)OCCCO6. The topological polar surface area (TPSA) is 47.9 Å². The predicted molar refractivity (Wildman–Crippen MR) is 108 cm³/mol. The van der Waals surface area contributed by atoms with Crippen LogP contribution in [-0.4, -0.2) is 42.4 Å². The Morgan fingerprint density at radius 1 is 0.897 bits per heavy atom. The molecule has 6 fully saturated rings. The Hall–Kier alpha value is -0.420. The first-order valence-corrected chi connectivity index (χ1v) is 12.5. The first-order chi connectivity index (χ1) is 14.2. The fourth-order valence-electron chi connectivity index (χ4n) is 9.55. The molecule has 4 saturated carbocycles. The Kier molecular flexibility index (Phi) is 3.82. The van der Waals surface area contributed by atoms with E-state index < -0.39 is 5.60 Å². The van der Waals surface area contributed by atoms with Crippen molar-refractivity contribution < 1.29 is 19.3 Å². The van der Waals surface area contributed by atoms with Crippen molar-refractivity contribution in [2.45, 2.75) is 88.1 Å². The molecule has 160 valence electrons. The van der Waals surface area contributed by atoms with Gasteiger partial charge < -0.3 is 19.3 Å². The highest BCUT2D eigenvalue weighted by molar-refractivity contribution is 5.33. The van der Waals surface area contributed by atoms with Gasteiger partial charge in [-0.25, -0.2) is 0 Å². The van der Waals surface area contributed by atoms with Crippen molar-refractivity contribution in [1.29, 1.82) is 0 Å². The van der Waals surface area contributed by atoms with Crippen LogP contribution < -0.4 is 0 Å². The van der Waals surface area contributed by atoms with E-state index in [0.29, 0.717) is 17.8 Å². The third kappa shape index (κ3) is 2.20. The molecule has 29 heavy (non-hydrogen) atoms. The van der Waals surface area contributed by atoms with Crippen molar-refractivity contribution in [3.63, 3.8) is 0 Å². The van der Waals surface area contributed by atoms with Crippen LogP contribution in [0.4, 0.5) is 0 Å². The fourth-order valence-corrected chi connectivity index (χ4v) is 9.55. The lowest BCUT2D eigenvalue weighted by atomic mass is 9.42. The largest absolute Gasteiger partial charge is 0.386 e. The average molecular weight is 401 g/mol. The quantitative estimate of drug-likeness (QED) is 0.619. The fraction of sp³-hybridized carbons (Fsp3) is 0.920. The van der Waals surface area contributed by atoms with Gasteiger partial charge in [-0.2, -0.15) is 0 Å². The maximum absolute atomic E-state index is 11.7. The molecular formula is C25H36O4. The molecule has 1 N–H and O–H groups in total. The maximum atomic E-state index is 11.7. The van der Waals surface area contributed by atoms with E-state index in [0.717, 1.165) is 63.8 Å². The molecule has 2 saturated heterocycles. The van der Waals surface area contributed by atoms with Crippen LogP contribution in [0.1, 0.15) is 70.6 Å². The molecule has 2 heterocycles. The molecule has 0 radical (unpaired) electrons. The number of hydrogen-bond acceptors (Lipinski definition) is 4. The number of rotatable bonds is 0. The zero-order valence-corrected chi connectivity index (χ0v) is 17.6. The third-order valence-corrected chi connectivity index (χ3v) is 10.7. The lowest BCUT2D eigenvalue weighted by Crippen LogP contribution is -2.73. The summed E-state index contributed by atoms with van der Waals surface area (Å²) >= 11 is 0. The Morgan fingerprint density at radius 2 is 1.76 bits per heavy atom. The number of aliphatic hydroxyl groups is 1. The lowest BCUT2D eigenvalue weighted by molar-refractivity contribution is -0.290. The van der Waals surface area contributed by atoms with E-state index in [2.05, 4.69) is 6.08 Å². The van der Waals surface area contributed by atoms with E-state index in [1.165, 1.54) is 38.5 Å². The summed E-state index contributed by atoms with van der Waals surface area (Å²) in [4.78, 5) is 0. The number of allylic oxidation sites excluding steroid dienone is 2. The van der Waals surface area contributed by atoms with E-state index in [1.807, 2.05) is 0 Å². The van der Waals surface area contributed by atoms with Crippen LogP contribution in [0.15, 0.2) is 11.6 Å². The van der Waals surface area contributed by atoms with Gasteiger partial charge >= 0.3 is 0 Å². The lowest BCUT2D eigenvalue weighted by Gasteiger charge is -2.65. The van der Waals surface area contributed by atoms with Crippen molar-refractivity contribution in [2.24, 2.45) is 35.0 Å². The van der Waals surface area contributed by atoms with Crippen LogP contribution >= 0.6 is 0 Å². The van der Waals surface area contributed by atoms with Gasteiger partial charge in [0.15, 0.2) is 5.79 Å². The van der Waals surface area contributed by atoms with Gasteiger partial charge in [0, 0.05) is 31.3 Å². The summed E-state index contributed by atoms with van der Waals surface area (Å²) in [5.41, 5.74) is 1.35. The summed E-state index contributed by atoms with van der Waals surface area (Å²) in [7, 11) is 0. The second-order valence-electron chi connectivity index (χ2n) is 11.4. The van der Waals surface area contributed by atoms with E-state index in [1.54, 1.807) is 5.57 Å². The number of hydrogen-bond donors (Lipinski definition) is 1. The third-order valence-electron chi connectivity index (χ3n) is 10.7. The van der Waals surface area contributed by atoms with Crippen molar-refractivity contribution in [2.75, 3.05) is 19.8 Å². The summed E-state index contributed by atoms with van der Waals surface area (Å²) in [6.45, 7) is 2.51. The van der Waals surface area contributed by atoms with E-state index >= 15 is 0 Å². The van der Waals surface area contributed by atoms with Gasteiger partial charge in [0.2, 0.25) is 0 Å². The Labute approximate surface area is 174 Å². The minimum Gasteiger partial charge on any atom is -0.386 e. The van der Waals surface area contributed by atoms with Gasteiger partial charge in [-0.3, -0.25) is 0 Å². The molecule has 0 aromatic rings. The first-order valence-electron chi connectivity index (χ1n) is 12.5. The molecule has 2 spiro atoms. The second-order valence-corrected chi connectivity index (χ2v) is 11.4. The Morgan fingerprint density at radius 3 is 2.66 bits per heavy atom. The van der Waals surface area contributed by atoms with Crippen molar-refractivity contribution in [3.05, 3.63) is 11.6 Å². The van der Waals surface area contributed by atoms with Gasteiger partial charge in [0.05, 0.1) is 24.9 Å². The van der Waals surface area contributed by atoms with Gasteiger partial charge in [-0.05, 0) is 81.0 Å². The summed E-state index contributed by atoms with van der Waals surface area (Å²) in [5, 5.41) is 11.7. The minimum atomic E-state index is -0.534. The molecule has 5 aliphatic carbocycles. The summed E-state index contributed by atoms with van der Waals surface area (Å²) in [6.07, 6.45) is 15.7. The zero-order valence-electron chi connectivity index (χ0n) is 17.6. The van der Waals surface area contributed by atoms with Crippen LogP contribution in [0, 0.1) is 35.0 Å². The van der Waals surface area contributed by atoms with Crippen molar-refractivity contribution in [3.8, 4) is 0 Å². The molecule has 4 nitrogen and oxygen atoms in total. The molecule has 2 aliphatic heterocycles. The molecule has 0 aromatic carbocycles. The smallest absolute Gasteiger partial charge is 0.168 e. The Balaban J connectivity index is 1.16. The van der Waals surface area contributed by atoms with Crippen LogP contribution in [0.2, 0.25) is 0 Å². The van der Waals surface area contributed by atoms with Crippen LogP contribution in [0.3, 0.4) is 0 Å². The van der Waals surface area contributed by atoms with E-state index in [4.69, 9.17) is 14.2 Å². The minimum absolute atomic E-state index is 0.134. The van der Waals surface area contributed by atoms with Crippen LogP contribution in [0.25, 0.3) is 0 Å². The van der Waals surface area contributed by atoms with Gasteiger partial charge in [-0.15, -0.1) is 0 Å². The first kappa shape index (κ1) is 18.2. The van der Waals surface area contributed by atoms with Crippen LogP contribution in [0.5, 0.6) is 0 Å². The molecule has 0 amide bonds. The highest BCUT2D eigenvalue weighted by Gasteiger charge is 2.78. The van der Waals surface area contributed by atoms with Gasteiger partial charge in [-0.1, -0.05) is 11.6 Å². The van der Waals surface area contributed by atoms with Crippen molar-refractivity contribution >= 4 is 0 Å². The van der Waals surface area contributed by atoms with E-state index in [-0.39, 0.29) is 17.3 Å². The Bertz CT molecular complexity index is 726. The molecule has 7 aliphatic rings. The van der Waals surface area contributed by atoms with Crippen molar-refractivity contribution in [1.82, 2.24) is 0 Å². The highest BCUT2D eigenvalue weighted by Crippen LogP contribution is 2.75. The molecule has 8 atom stereocenters. The highest BCUT2D eigenvalue weighted by atomic mass is 16.7. The molecule has 4 heteroatoms. The molecule has 2 unspecified atom stereocenters. The number of ether oxygens (including phenoxy) is 3. The summed E-state index contributed by atoms with van der Waals surface area (Å²) < 4.78 is 18.4. The standard InChI is InChI=1S/C25H36O4/c26-25-10-13-27-22(25)21-5-4-20-19-3-2-18-15-23(28-11-1-12-29-23)8-6-16(18)14-17(19)7-9-24(20,21)25/h7,16,18-22,26H,1-6,8-15H2/t16-,18+,19-,20+,21-,22?,24-,25?/m1/s1. The summed E-state index contributed by atoms with van der Waals surface area (Å²) in [6, 6.07) is 0. The zero-order chi connectivity index (χ0) is 19.3. The van der Waals surface area contributed by atoms with Crippen LogP contribution in [-0.2, 0) is 14.2 Å². The normalized spacial score (nSPS) is 54.9.